The predicted octanol–water partition coefficient (Wildman–Crippen LogP) is 3.73. The highest BCUT2D eigenvalue weighted by molar-refractivity contribution is 7.71. The molecule has 0 radical (unpaired) electrons. The summed E-state index contributed by atoms with van der Waals surface area (Å²) < 4.78 is 0.674. The molecule has 0 amide bonds. The van der Waals surface area contributed by atoms with E-state index in [-0.39, 0.29) is 0 Å². The molecule has 0 aliphatic carbocycles. The van der Waals surface area contributed by atoms with Crippen LogP contribution in [0.3, 0.4) is 0 Å². The van der Waals surface area contributed by atoms with Crippen LogP contribution in [0.5, 0.6) is 0 Å². The molecular formula is C13H14N2S. The molecule has 0 atom stereocenters. The second kappa shape index (κ2) is 4.18. The summed E-state index contributed by atoms with van der Waals surface area (Å²) in [7, 11) is 0. The Morgan fingerprint density at radius 1 is 1.19 bits per heavy atom. The second-order valence-corrected chi connectivity index (χ2v) is 4.40. The van der Waals surface area contributed by atoms with Crippen LogP contribution < -0.4 is 0 Å². The third kappa shape index (κ3) is 2.04. The predicted molar refractivity (Wildman–Crippen MR) is 69.1 cm³/mol. The smallest absolute Gasteiger partial charge is 0.139 e. The first-order valence-electron chi connectivity index (χ1n) is 5.22. The largest absolute Gasteiger partial charge is 0.343 e. The van der Waals surface area contributed by atoms with Gasteiger partial charge in [-0.1, -0.05) is 36.0 Å². The molecule has 0 aliphatic rings. The lowest BCUT2D eigenvalue weighted by Gasteiger charge is -2.06. The summed E-state index contributed by atoms with van der Waals surface area (Å²) in [6, 6.07) is 8.23. The van der Waals surface area contributed by atoms with Crippen molar-refractivity contribution in [2.45, 2.75) is 20.8 Å². The number of aromatic amines is 1. The highest BCUT2D eigenvalue weighted by atomic mass is 32.1. The van der Waals surface area contributed by atoms with Gasteiger partial charge in [0.25, 0.3) is 0 Å². The normalized spacial score (nSPS) is 10.4. The molecule has 0 saturated heterocycles. The maximum absolute atomic E-state index is 5.23. The fourth-order valence-electron chi connectivity index (χ4n) is 1.57. The maximum atomic E-state index is 5.23. The van der Waals surface area contributed by atoms with E-state index in [4.69, 9.17) is 12.2 Å². The van der Waals surface area contributed by atoms with Crippen LogP contribution >= 0.6 is 12.2 Å². The lowest BCUT2D eigenvalue weighted by Crippen LogP contribution is -1.96. The van der Waals surface area contributed by atoms with Crippen LogP contribution in [0.2, 0.25) is 0 Å². The van der Waals surface area contributed by atoms with Crippen molar-refractivity contribution in [1.29, 1.82) is 0 Å². The number of H-pyrrole nitrogens is 1. The number of hydrogen-bond acceptors (Lipinski definition) is 2. The van der Waals surface area contributed by atoms with Gasteiger partial charge in [-0.25, -0.2) is 4.98 Å². The number of nitrogens with zero attached hydrogens (tertiary/aromatic N) is 1. The van der Waals surface area contributed by atoms with Crippen LogP contribution in [0.4, 0.5) is 0 Å². The van der Waals surface area contributed by atoms with Gasteiger partial charge in [-0.15, -0.1) is 0 Å². The molecule has 1 N–H and O–H groups in total. The van der Waals surface area contributed by atoms with E-state index in [1.165, 1.54) is 5.56 Å². The number of benzene rings is 1. The minimum atomic E-state index is 0.674. The number of aryl methyl sites for hydroxylation is 2. The van der Waals surface area contributed by atoms with Gasteiger partial charge in [0.2, 0.25) is 0 Å². The summed E-state index contributed by atoms with van der Waals surface area (Å²) in [6.45, 7) is 6.08. The average Bonchev–Trinajstić information content (AvgIpc) is 2.25. The Kier molecular flexibility index (Phi) is 2.88. The van der Waals surface area contributed by atoms with E-state index in [0.29, 0.717) is 4.64 Å². The Bertz CT molecular complexity index is 585. The van der Waals surface area contributed by atoms with Crippen molar-refractivity contribution in [2.75, 3.05) is 0 Å². The van der Waals surface area contributed by atoms with Gasteiger partial charge >= 0.3 is 0 Å². The molecule has 2 aromatic rings. The summed E-state index contributed by atoms with van der Waals surface area (Å²) in [5.74, 6) is 0.844. The standard InChI is InChI=1S/C13H14N2S/c1-8-5-4-6-11(7-8)12-14-10(3)9(2)13(16)15-12/h4-7H,1-3H3,(H,14,15,16). The van der Waals surface area contributed by atoms with Crippen molar-refractivity contribution in [3.8, 4) is 11.4 Å². The lowest BCUT2D eigenvalue weighted by molar-refractivity contribution is 1.06. The van der Waals surface area contributed by atoms with E-state index in [1.54, 1.807) is 0 Å². The molecule has 1 aromatic heterocycles. The molecular weight excluding hydrogens is 216 g/mol. The van der Waals surface area contributed by atoms with E-state index in [1.807, 2.05) is 26.0 Å². The lowest BCUT2D eigenvalue weighted by atomic mass is 10.1. The Morgan fingerprint density at radius 3 is 2.56 bits per heavy atom. The molecule has 0 fully saturated rings. The zero-order valence-electron chi connectivity index (χ0n) is 9.66. The second-order valence-electron chi connectivity index (χ2n) is 4.01. The monoisotopic (exact) mass is 230 g/mol. The number of hydrogen-bond donors (Lipinski definition) is 1. The van der Waals surface area contributed by atoms with Crippen LogP contribution in [0.25, 0.3) is 11.4 Å². The molecule has 0 bridgehead atoms. The zero-order chi connectivity index (χ0) is 11.7. The first-order valence-corrected chi connectivity index (χ1v) is 5.63. The van der Waals surface area contributed by atoms with Crippen LogP contribution in [0, 0.1) is 25.4 Å². The minimum absolute atomic E-state index is 0.674. The molecule has 82 valence electrons. The van der Waals surface area contributed by atoms with Crippen molar-refractivity contribution in [3.63, 3.8) is 0 Å². The summed E-state index contributed by atoms with van der Waals surface area (Å²) >= 11 is 5.23. The number of rotatable bonds is 1. The molecule has 2 nitrogen and oxygen atoms in total. The summed E-state index contributed by atoms with van der Waals surface area (Å²) in [5, 5.41) is 0. The first-order chi connectivity index (χ1) is 7.58. The van der Waals surface area contributed by atoms with Crippen LogP contribution in [-0.4, -0.2) is 9.97 Å². The van der Waals surface area contributed by atoms with Crippen molar-refractivity contribution >= 4 is 12.2 Å². The van der Waals surface area contributed by atoms with Gasteiger partial charge in [-0.05, 0) is 26.8 Å². The Balaban J connectivity index is 2.61. The van der Waals surface area contributed by atoms with Gasteiger partial charge in [0.1, 0.15) is 10.5 Å². The van der Waals surface area contributed by atoms with E-state index in [0.717, 1.165) is 22.6 Å². The Hall–Kier alpha value is -1.48. The fraction of sp³-hybridized carbons (Fsp3) is 0.231. The van der Waals surface area contributed by atoms with Gasteiger partial charge in [0.05, 0.1) is 0 Å². The Labute approximate surface area is 100 Å². The fourth-order valence-corrected chi connectivity index (χ4v) is 1.82. The molecule has 16 heavy (non-hydrogen) atoms. The number of nitrogens with one attached hydrogen (secondary N) is 1. The molecule has 0 saturated carbocycles. The molecule has 0 spiro atoms. The average molecular weight is 230 g/mol. The van der Waals surface area contributed by atoms with Gasteiger partial charge in [0, 0.05) is 16.8 Å². The highest BCUT2D eigenvalue weighted by Gasteiger charge is 2.03. The van der Waals surface area contributed by atoms with Crippen molar-refractivity contribution in [1.82, 2.24) is 9.97 Å². The third-order valence-electron chi connectivity index (χ3n) is 2.69. The first kappa shape index (κ1) is 11.0. The molecule has 3 heteroatoms. The van der Waals surface area contributed by atoms with Gasteiger partial charge in [-0.3, -0.25) is 0 Å². The molecule has 1 aromatic carbocycles. The van der Waals surface area contributed by atoms with Crippen molar-refractivity contribution in [2.24, 2.45) is 0 Å². The summed E-state index contributed by atoms with van der Waals surface area (Å²) in [5.41, 5.74) is 4.42. The topological polar surface area (TPSA) is 28.7 Å². The maximum Gasteiger partial charge on any atom is 0.139 e. The summed E-state index contributed by atoms with van der Waals surface area (Å²) in [4.78, 5) is 7.69. The van der Waals surface area contributed by atoms with E-state index in [9.17, 15) is 0 Å². The van der Waals surface area contributed by atoms with E-state index in [2.05, 4.69) is 29.0 Å². The van der Waals surface area contributed by atoms with Crippen LogP contribution in [0.15, 0.2) is 24.3 Å². The number of aromatic nitrogens is 2. The van der Waals surface area contributed by atoms with Crippen molar-refractivity contribution in [3.05, 3.63) is 45.7 Å². The van der Waals surface area contributed by atoms with Crippen LogP contribution in [-0.2, 0) is 0 Å². The molecule has 1 heterocycles. The molecule has 2 rings (SSSR count). The van der Waals surface area contributed by atoms with Crippen LogP contribution in [0.1, 0.15) is 16.8 Å². The Morgan fingerprint density at radius 2 is 1.94 bits per heavy atom. The zero-order valence-corrected chi connectivity index (χ0v) is 10.5. The molecule has 0 unspecified atom stereocenters. The van der Waals surface area contributed by atoms with Crippen molar-refractivity contribution < 1.29 is 0 Å². The van der Waals surface area contributed by atoms with E-state index >= 15 is 0 Å². The quantitative estimate of drug-likeness (QED) is 0.756. The SMILES string of the molecule is Cc1cccc(-c2nc(=S)c(C)c(C)[nH]2)c1. The van der Waals surface area contributed by atoms with Gasteiger partial charge in [0.15, 0.2) is 0 Å². The highest BCUT2D eigenvalue weighted by Crippen LogP contribution is 2.17. The summed E-state index contributed by atoms with van der Waals surface area (Å²) in [6.07, 6.45) is 0. The van der Waals surface area contributed by atoms with Gasteiger partial charge < -0.3 is 4.98 Å². The van der Waals surface area contributed by atoms with E-state index < -0.39 is 0 Å². The minimum Gasteiger partial charge on any atom is -0.343 e. The third-order valence-corrected chi connectivity index (χ3v) is 3.09. The molecule has 0 aliphatic heterocycles. The van der Waals surface area contributed by atoms with Gasteiger partial charge in [-0.2, -0.15) is 0 Å².